The number of aromatic hydroxyl groups is 3. The number of nitrogens with two attached hydrogens (primary N) is 2. The van der Waals surface area contributed by atoms with Crippen molar-refractivity contribution in [1.82, 2.24) is 42.5 Å². The summed E-state index contributed by atoms with van der Waals surface area (Å²) in [5, 5.41) is 127. The summed E-state index contributed by atoms with van der Waals surface area (Å²) in [6.45, 7) is 8.46. The van der Waals surface area contributed by atoms with Gasteiger partial charge in [0, 0.05) is 34.8 Å². The maximum absolute atomic E-state index is 16.3. The fraction of sp³-hybridized carbons (Fsp3) is 0.408. The molecule has 113 heavy (non-hydrogen) atoms. The molecule has 22 N–H and O–H groups in total. The zero-order chi connectivity index (χ0) is 82.1. The van der Waals surface area contributed by atoms with Gasteiger partial charge in [0.2, 0.25) is 65.2 Å². The van der Waals surface area contributed by atoms with Gasteiger partial charge in [-0.15, -0.1) is 0 Å². The minimum Gasteiger partial charge on any atom is -0.508 e. The van der Waals surface area contributed by atoms with Crippen LogP contribution in [0.2, 0.25) is 10.0 Å². The van der Waals surface area contributed by atoms with E-state index < -0.39 is 250 Å². The predicted octanol–water partition coefficient (Wildman–Crippen LogP) is 1.39. The minimum atomic E-state index is -2.37. The van der Waals surface area contributed by atoms with Crippen molar-refractivity contribution in [2.75, 3.05) is 25.5 Å². The summed E-state index contributed by atoms with van der Waals surface area (Å²) >= 11 is 14.3. The number of aliphatic hydroxyl groups excluding tert-OH is 6. The Morgan fingerprint density at radius 3 is 1.90 bits per heavy atom. The third-order valence-corrected chi connectivity index (χ3v) is 20.3. The lowest BCUT2D eigenvalue weighted by molar-refractivity contribution is -0.333. The number of rotatable bonds is 16. The number of ether oxygens (including phenoxy) is 6. The molecule has 604 valence electrons. The summed E-state index contributed by atoms with van der Waals surface area (Å²) in [4.78, 5) is 134. The van der Waals surface area contributed by atoms with E-state index >= 15 is 19.2 Å². The van der Waals surface area contributed by atoms with Crippen LogP contribution in [0, 0.1) is 19.8 Å². The lowest BCUT2D eigenvalue weighted by atomic mass is 9.86. The number of primary amides is 1. The number of aryl methyl sites for hydroxylation is 2. The van der Waals surface area contributed by atoms with Crippen LogP contribution >= 0.6 is 23.2 Å². The molecule has 35 nitrogen and oxygen atoms in total. The molecule has 0 aromatic heterocycles. The topological polar surface area (TPSA) is 551 Å². The van der Waals surface area contributed by atoms with Crippen molar-refractivity contribution in [2.45, 2.75) is 170 Å². The van der Waals surface area contributed by atoms with E-state index in [1.54, 1.807) is 26.0 Å². The first-order valence-electron chi connectivity index (χ1n) is 35.8. The highest BCUT2D eigenvalue weighted by atomic mass is 35.5. The number of likely N-dealkylation sites (N-methyl/N-ethyl adjacent to an activating group) is 1. The summed E-state index contributed by atoms with van der Waals surface area (Å²) in [6, 6.07) is 4.76. The fourth-order valence-corrected chi connectivity index (χ4v) is 14.5. The van der Waals surface area contributed by atoms with Gasteiger partial charge in [0.1, 0.15) is 95.5 Å². The molecular weight excluding hydrogens is 1520 g/mol. The quantitative estimate of drug-likeness (QED) is 0.0651. The third kappa shape index (κ3) is 18.6. The van der Waals surface area contributed by atoms with Gasteiger partial charge in [-0.25, -0.2) is 0 Å². The Kier molecular flexibility index (Phi) is 25.4. The molecule has 6 aromatic carbocycles. The normalized spacial score (nSPS) is 27.5. The van der Waals surface area contributed by atoms with Gasteiger partial charge in [-0.1, -0.05) is 61.3 Å². The average molecular weight is 1610 g/mol. The van der Waals surface area contributed by atoms with E-state index in [9.17, 15) is 69.9 Å². The highest BCUT2D eigenvalue weighted by molar-refractivity contribution is 6.32. The number of phenols is 3. The van der Waals surface area contributed by atoms with Gasteiger partial charge in [0.05, 0.1) is 47.9 Å². The maximum atomic E-state index is 16.3. The summed E-state index contributed by atoms with van der Waals surface area (Å²) in [6.07, 6.45) is -18.7. The molecule has 11 bridgehead atoms. The summed E-state index contributed by atoms with van der Waals surface area (Å²) in [5.74, 6) is -16.1. The number of carbonyl (C=O) groups excluding carboxylic acids is 9. The predicted molar refractivity (Wildman–Crippen MR) is 399 cm³/mol. The van der Waals surface area contributed by atoms with Crippen LogP contribution in [0.1, 0.15) is 116 Å². The molecule has 9 amide bonds. The number of fused-ring (bicyclic) bond motifs is 15. The number of anilines is 1. The molecular formula is C76H87Cl2N11O24. The number of halogens is 2. The lowest BCUT2D eigenvalue weighted by Crippen LogP contribution is -2.64. The molecule has 3 unspecified atom stereocenters. The molecule has 7 aliphatic heterocycles. The van der Waals surface area contributed by atoms with Gasteiger partial charge in [0.15, 0.2) is 23.9 Å². The summed E-state index contributed by atoms with van der Waals surface area (Å²) < 4.78 is 38.6. The zero-order valence-corrected chi connectivity index (χ0v) is 63.2. The van der Waals surface area contributed by atoms with Crippen LogP contribution in [0.3, 0.4) is 0 Å². The number of aliphatic hydroxyl groups is 6. The number of hydrogen-bond acceptors (Lipinski definition) is 26. The first kappa shape index (κ1) is 83.4. The molecule has 7 aliphatic rings. The van der Waals surface area contributed by atoms with E-state index in [0.29, 0.717) is 5.69 Å². The smallest absolute Gasteiger partial charge is 0.248 e. The van der Waals surface area contributed by atoms with Crippen molar-refractivity contribution >= 4 is 82.1 Å². The van der Waals surface area contributed by atoms with Crippen molar-refractivity contribution in [1.29, 1.82) is 0 Å². The van der Waals surface area contributed by atoms with Gasteiger partial charge in [-0.05, 0) is 153 Å². The largest absolute Gasteiger partial charge is 0.508 e. The SMILES string of the molecule is CN[C@H](CC(C)C)C(=O)N[C@H]1C(=O)N[C@@H](CC(N)=O)C(=O)NC2C(=O)N[C@H]3C(=O)N[C@H](C(=O)NC(C(=O)NCC(=O)Nc4cc(C)cc(C)c4)c4cc(O)cc(O)c4-c4cc3ccc4O)[C@H](O)c3ccc(c(Cl)c3)Oc3cc2cc(c3O[C@@H]2O[C@H](CO)[C@@H](O)[C@H](O)[C@H]2OC2C[C@](C)(N)[C@H](O)[C@H](C)O2)Oc2ccc(cc2Cl)[C@H]1O. The monoisotopic (exact) mass is 1610 g/mol. The van der Waals surface area contributed by atoms with E-state index in [2.05, 4.69) is 47.9 Å². The van der Waals surface area contributed by atoms with Crippen molar-refractivity contribution in [3.05, 3.63) is 146 Å². The average Bonchev–Trinajstić information content (AvgIpc) is 0.742. The second kappa shape index (κ2) is 34.4. The number of carbonyl (C=O) groups is 9. The molecule has 6 aromatic rings. The van der Waals surface area contributed by atoms with Gasteiger partial charge < -0.3 is 134 Å². The highest BCUT2D eigenvalue weighted by Gasteiger charge is 2.52. The highest BCUT2D eigenvalue weighted by Crippen LogP contribution is 2.50. The molecule has 2 fully saturated rings. The molecule has 7 heterocycles. The molecule has 0 saturated carbocycles. The van der Waals surface area contributed by atoms with Crippen LogP contribution in [0.15, 0.2) is 97.1 Å². The summed E-state index contributed by atoms with van der Waals surface area (Å²) in [5.41, 5.74) is 10.1. The molecule has 18 atom stereocenters. The van der Waals surface area contributed by atoms with Crippen LogP contribution in [0.4, 0.5) is 5.69 Å². The third-order valence-electron chi connectivity index (χ3n) is 19.7. The number of amides is 9. The summed E-state index contributed by atoms with van der Waals surface area (Å²) in [7, 11) is 1.47. The molecule has 2 saturated heterocycles. The van der Waals surface area contributed by atoms with E-state index in [0.717, 1.165) is 77.9 Å². The van der Waals surface area contributed by atoms with Crippen molar-refractivity contribution in [2.24, 2.45) is 17.4 Å². The second-order valence-corrected chi connectivity index (χ2v) is 29.8. The standard InChI is InChI=1S/C76H87Cl2N11O24/c1-29(2)14-43(81-7)68(101)88-59-61(96)34-9-12-47(41(77)19-34)109-49-21-36-22-50(65(49)113-75-66(64(99)63(98)51(28-90)111-75)112-54-26-76(6,80)67(100)32(5)108-54)110-48-13-10-35(20-42(48)78)62(97)60-74(107)87-58(70(103)82-27-53(95)83-37-16-30(3)15-31(4)17-37)40-23-38(91)24-46(93)55(40)39-18-33(8-11-45(39)92)56(71(104)89-60)86-72(105)57(36)85-69(102)44(25-52(79)94)84-73(59)106/h8-13,15-24,29,32,43-44,51,54,56-64,66-67,75,81,90-93,96-100H,14,25-28,80H2,1-7H3,(H2,79,94)(H,82,103)(H,83,95)(H,84,106)(H,85,102)(H,86,105)(H,87,107)(H,88,101)(H,89,104)/t32-,43+,44-,51+,54?,56+,57?,58?,59+,60-,61+,62+,63+,64-,66+,67+,75-,76-/m0/s1. The van der Waals surface area contributed by atoms with E-state index in [4.69, 9.17) is 63.1 Å². The van der Waals surface area contributed by atoms with Crippen LogP contribution in [-0.2, 0) is 57.4 Å². The van der Waals surface area contributed by atoms with Gasteiger partial charge in [0.25, 0.3) is 0 Å². The maximum Gasteiger partial charge on any atom is 0.248 e. The molecule has 13 rings (SSSR count). The number of nitrogens with one attached hydrogen (secondary N) is 9. The number of hydrogen-bond donors (Lipinski definition) is 20. The van der Waals surface area contributed by atoms with Crippen LogP contribution in [0.25, 0.3) is 11.1 Å². The van der Waals surface area contributed by atoms with Crippen LogP contribution in [-0.4, -0.2) is 198 Å². The van der Waals surface area contributed by atoms with Crippen LogP contribution < -0.4 is 73.5 Å². The van der Waals surface area contributed by atoms with Gasteiger partial charge >= 0.3 is 0 Å². The Balaban J connectivity index is 1.13. The fourth-order valence-electron chi connectivity index (χ4n) is 14.0. The van der Waals surface area contributed by atoms with Crippen molar-refractivity contribution in [3.63, 3.8) is 0 Å². The van der Waals surface area contributed by atoms with Gasteiger partial charge in [-0.3, -0.25) is 43.2 Å². The Bertz CT molecular complexity index is 4690. The molecule has 0 spiro atoms. The molecule has 0 radical (unpaired) electrons. The Morgan fingerprint density at radius 1 is 0.690 bits per heavy atom. The number of benzene rings is 6. The zero-order valence-electron chi connectivity index (χ0n) is 61.7. The van der Waals surface area contributed by atoms with E-state index in [1.165, 1.54) is 33.0 Å². The lowest BCUT2D eigenvalue weighted by Gasteiger charge is -2.47. The Labute approximate surface area is 655 Å². The number of phenolic OH excluding ortho intramolecular Hbond substituents is 3. The first-order chi connectivity index (χ1) is 53.4. The molecule has 0 aliphatic carbocycles. The van der Waals surface area contributed by atoms with Crippen molar-refractivity contribution in [3.8, 4) is 57.1 Å². The first-order valence-corrected chi connectivity index (χ1v) is 36.5. The Morgan fingerprint density at radius 2 is 1.30 bits per heavy atom. The minimum absolute atomic E-state index is 0.107. The van der Waals surface area contributed by atoms with Crippen LogP contribution in [0.5, 0.6) is 46.0 Å². The second-order valence-electron chi connectivity index (χ2n) is 29.0. The van der Waals surface area contributed by atoms with Crippen molar-refractivity contribution < 1.29 is 118 Å². The van der Waals surface area contributed by atoms with E-state index in [-0.39, 0.29) is 46.2 Å². The van der Waals surface area contributed by atoms with Gasteiger partial charge in [-0.2, -0.15) is 0 Å². The molecule has 37 heteroatoms. The van der Waals surface area contributed by atoms with E-state index in [1.807, 2.05) is 19.9 Å². The Hall–Kier alpha value is -10.5.